The maximum Gasteiger partial charge on any atom is 0.227 e. The number of hydrogen-bond acceptors (Lipinski definition) is 2. The van der Waals surface area contributed by atoms with Crippen molar-refractivity contribution in [2.24, 2.45) is 0 Å². The molecule has 1 aliphatic heterocycles. The van der Waals surface area contributed by atoms with Crippen molar-refractivity contribution in [3.63, 3.8) is 0 Å². The average Bonchev–Trinajstić information content (AvgIpc) is 2.35. The monoisotopic (exact) mass is 232 g/mol. The van der Waals surface area contributed by atoms with Gasteiger partial charge in [-0.3, -0.25) is 4.79 Å². The van der Waals surface area contributed by atoms with Crippen molar-refractivity contribution >= 4 is 5.91 Å². The van der Waals surface area contributed by atoms with Crippen molar-refractivity contribution in [1.29, 1.82) is 0 Å². The summed E-state index contributed by atoms with van der Waals surface area (Å²) in [6.07, 6.45) is 0.529. The molecule has 1 N–H and O–H groups in total. The van der Waals surface area contributed by atoms with Crippen LogP contribution in [0.1, 0.15) is 16.7 Å². The normalized spacial score (nSPS) is 16.0. The molecule has 1 aromatic rings. The van der Waals surface area contributed by atoms with Crippen LogP contribution in [0.4, 0.5) is 0 Å². The molecule has 92 valence electrons. The molecule has 1 fully saturated rings. The summed E-state index contributed by atoms with van der Waals surface area (Å²) < 4.78 is 0. The molecule has 1 amide bonds. The van der Waals surface area contributed by atoms with Crippen LogP contribution < -0.4 is 5.32 Å². The third-order valence-electron chi connectivity index (χ3n) is 3.40. The zero-order valence-corrected chi connectivity index (χ0v) is 10.6. The number of carbonyl (C=O) groups is 1. The van der Waals surface area contributed by atoms with Gasteiger partial charge < -0.3 is 10.2 Å². The second-order valence-electron chi connectivity index (χ2n) is 4.73. The number of hydrogen-bond donors (Lipinski definition) is 1. The SMILES string of the molecule is Cc1ccc(CC(=O)N2CCNCC2)cc1C. The number of aryl methyl sites for hydroxylation is 2. The molecule has 0 radical (unpaired) electrons. The molecule has 1 saturated heterocycles. The van der Waals surface area contributed by atoms with Crippen LogP contribution in [0.15, 0.2) is 18.2 Å². The highest BCUT2D eigenvalue weighted by molar-refractivity contribution is 5.79. The maximum absolute atomic E-state index is 12.1. The van der Waals surface area contributed by atoms with E-state index in [4.69, 9.17) is 0 Å². The average molecular weight is 232 g/mol. The quantitative estimate of drug-likeness (QED) is 0.833. The number of carbonyl (C=O) groups excluding carboxylic acids is 1. The van der Waals surface area contributed by atoms with E-state index in [1.807, 2.05) is 4.90 Å². The van der Waals surface area contributed by atoms with Crippen molar-refractivity contribution in [1.82, 2.24) is 10.2 Å². The summed E-state index contributed by atoms with van der Waals surface area (Å²) in [4.78, 5) is 14.0. The summed E-state index contributed by atoms with van der Waals surface area (Å²) in [5.41, 5.74) is 3.66. The lowest BCUT2D eigenvalue weighted by Crippen LogP contribution is -2.46. The number of nitrogens with one attached hydrogen (secondary N) is 1. The first-order valence-corrected chi connectivity index (χ1v) is 6.21. The van der Waals surface area contributed by atoms with Gasteiger partial charge in [-0.1, -0.05) is 18.2 Å². The molecule has 17 heavy (non-hydrogen) atoms. The van der Waals surface area contributed by atoms with Crippen LogP contribution >= 0.6 is 0 Å². The summed E-state index contributed by atoms with van der Waals surface area (Å²) in [6, 6.07) is 6.27. The molecule has 0 unspecified atom stereocenters. The van der Waals surface area contributed by atoms with Gasteiger partial charge in [0.15, 0.2) is 0 Å². The fourth-order valence-corrected chi connectivity index (χ4v) is 2.11. The van der Waals surface area contributed by atoms with E-state index in [0.29, 0.717) is 6.42 Å². The van der Waals surface area contributed by atoms with Crippen molar-refractivity contribution in [2.45, 2.75) is 20.3 Å². The van der Waals surface area contributed by atoms with Crippen LogP contribution in [0.2, 0.25) is 0 Å². The first-order valence-electron chi connectivity index (χ1n) is 6.21. The van der Waals surface area contributed by atoms with E-state index in [0.717, 1.165) is 31.7 Å². The molecule has 2 rings (SSSR count). The van der Waals surface area contributed by atoms with Crippen LogP contribution in [0, 0.1) is 13.8 Å². The Labute approximate surface area is 103 Å². The van der Waals surface area contributed by atoms with Crippen molar-refractivity contribution in [2.75, 3.05) is 26.2 Å². The third kappa shape index (κ3) is 3.07. The highest BCUT2D eigenvalue weighted by Gasteiger charge is 2.16. The molecular formula is C14H20N2O. The number of piperazine rings is 1. The van der Waals surface area contributed by atoms with Crippen molar-refractivity contribution in [3.05, 3.63) is 34.9 Å². The number of amides is 1. The van der Waals surface area contributed by atoms with Gasteiger partial charge in [-0.2, -0.15) is 0 Å². The second kappa shape index (κ2) is 5.32. The standard InChI is InChI=1S/C14H20N2O/c1-11-3-4-13(9-12(11)2)10-14(17)16-7-5-15-6-8-16/h3-4,9,15H,5-8,10H2,1-2H3. The Balaban J connectivity index is 1.99. The number of benzene rings is 1. The Bertz CT molecular complexity index is 409. The molecule has 3 nitrogen and oxygen atoms in total. The Morgan fingerprint density at radius 3 is 2.59 bits per heavy atom. The number of rotatable bonds is 2. The minimum absolute atomic E-state index is 0.245. The Morgan fingerprint density at radius 2 is 1.94 bits per heavy atom. The van der Waals surface area contributed by atoms with E-state index in [1.54, 1.807) is 0 Å². The van der Waals surface area contributed by atoms with Gasteiger partial charge in [-0.25, -0.2) is 0 Å². The lowest BCUT2D eigenvalue weighted by Gasteiger charge is -2.27. The van der Waals surface area contributed by atoms with E-state index in [-0.39, 0.29) is 5.91 Å². The van der Waals surface area contributed by atoms with E-state index < -0.39 is 0 Å². The van der Waals surface area contributed by atoms with Gasteiger partial charge in [0.1, 0.15) is 0 Å². The molecule has 0 atom stereocenters. The first-order chi connectivity index (χ1) is 8.16. The third-order valence-corrected chi connectivity index (χ3v) is 3.40. The second-order valence-corrected chi connectivity index (χ2v) is 4.73. The van der Waals surface area contributed by atoms with Crippen molar-refractivity contribution in [3.8, 4) is 0 Å². The fraction of sp³-hybridized carbons (Fsp3) is 0.500. The van der Waals surface area contributed by atoms with Gasteiger partial charge in [-0.15, -0.1) is 0 Å². The molecule has 1 aliphatic rings. The summed E-state index contributed by atoms with van der Waals surface area (Å²) >= 11 is 0. The predicted octanol–water partition coefficient (Wildman–Crippen LogP) is 1.28. The molecule has 0 aromatic heterocycles. The summed E-state index contributed by atoms with van der Waals surface area (Å²) in [6.45, 7) is 7.69. The molecule has 0 bridgehead atoms. The van der Waals surface area contributed by atoms with Gasteiger partial charge in [0, 0.05) is 26.2 Å². The summed E-state index contributed by atoms with van der Waals surface area (Å²) in [5, 5.41) is 3.26. The minimum atomic E-state index is 0.245. The lowest BCUT2D eigenvalue weighted by molar-refractivity contribution is -0.131. The van der Waals surface area contributed by atoms with Gasteiger partial charge >= 0.3 is 0 Å². The number of nitrogens with zero attached hydrogens (tertiary/aromatic N) is 1. The van der Waals surface area contributed by atoms with Crippen LogP contribution in [-0.4, -0.2) is 37.0 Å². The summed E-state index contributed by atoms with van der Waals surface area (Å²) in [5.74, 6) is 0.245. The molecule has 0 aliphatic carbocycles. The first kappa shape index (κ1) is 12.1. The highest BCUT2D eigenvalue weighted by Crippen LogP contribution is 2.11. The van der Waals surface area contributed by atoms with Crippen LogP contribution in [0.3, 0.4) is 0 Å². The fourth-order valence-electron chi connectivity index (χ4n) is 2.11. The highest BCUT2D eigenvalue weighted by atomic mass is 16.2. The van der Waals surface area contributed by atoms with Crippen LogP contribution in [0.5, 0.6) is 0 Å². The van der Waals surface area contributed by atoms with Crippen molar-refractivity contribution < 1.29 is 4.79 Å². The van der Waals surface area contributed by atoms with E-state index in [1.165, 1.54) is 11.1 Å². The van der Waals surface area contributed by atoms with E-state index >= 15 is 0 Å². The molecule has 0 spiro atoms. The molecule has 0 saturated carbocycles. The van der Waals surface area contributed by atoms with E-state index in [9.17, 15) is 4.79 Å². The topological polar surface area (TPSA) is 32.3 Å². The van der Waals surface area contributed by atoms with Gasteiger partial charge in [0.05, 0.1) is 6.42 Å². The predicted molar refractivity (Wildman–Crippen MR) is 69.1 cm³/mol. The van der Waals surface area contributed by atoms with Crippen LogP contribution in [0.25, 0.3) is 0 Å². The van der Waals surface area contributed by atoms with Gasteiger partial charge in [0.25, 0.3) is 0 Å². The molecule has 3 heteroatoms. The largest absolute Gasteiger partial charge is 0.340 e. The Hall–Kier alpha value is -1.35. The molecular weight excluding hydrogens is 212 g/mol. The van der Waals surface area contributed by atoms with Crippen LogP contribution in [-0.2, 0) is 11.2 Å². The summed E-state index contributed by atoms with van der Waals surface area (Å²) in [7, 11) is 0. The zero-order chi connectivity index (χ0) is 12.3. The zero-order valence-electron chi connectivity index (χ0n) is 10.6. The molecule has 1 aromatic carbocycles. The lowest BCUT2D eigenvalue weighted by atomic mass is 10.0. The minimum Gasteiger partial charge on any atom is -0.340 e. The smallest absolute Gasteiger partial charge is 0.227 e. The Kier molecular flexibility index (Phi) is 3.79. The molecule has 1 heterocycles. The maximum atomic E-state index is 12.1. The van der Waals surface area contributed by atoms with Gasteiger partial charge in [-0.05, 0) is 30.5 Å². The van der Waals surface area contributed by atoms with E-state index in [2.05, 4.69) is 37.4 Å². The van der Waals surface area contributed by atoms with Gasteiger partial charge in [0.2, 0.25) is 5.91 Å². The Morgan fingerprint density at radius 1 is 1.24 bits per heavy atom.